The molecule has 0 atom stereocenters. The van der Waals surface area contributed by atoms with Crippen LogP contribution in [0.3, 0.4) is 0 Å². The summed E-state index contributed by atoms with van der Waals surface area (Å²) in [7, 11) is 0. The zero-order valence-electron chi connectivity index (χ0n) is 13.4. The first-order valence-electron chi connectivity index (χ1n) is 7.23. The third kappa shape index (κ3) is 2.79. The summed E-state index contributed by atoms with van der Waals surface area (Å²) in [4.78, 5) is 24.5. The van der Waals surface area contributed by atoms with Crippen molar-refractivity contribution in [2.75, 3.05) is 6.61 Å². The first kappa shape index (κ1) is 16.5. The summed E-state index contributed by atoms with van der Waals surface area (Å²) < 4.78 is 6.85. The molecule has 1 heterocycles. The van der Waals surface area contributed by atoms with E-state index in [2.05, 4.69) is 13.8 Å². The quantitative estimate of drug-likeness (QED) is 0.778. The minimum atomic E-state index is -0.356. The standard InChI is InChI=1S/C16H25NO3/c1-7-16(6,8-2)17-12(5)14(15(19)20-9-3)11(4)10-13(17)18/h10H,7-9H2,1-6H3. The van der Waals surface area contributed by atoms with E-state index in [1.54, 1.807) is 18.4 Å². The van der Waals surface area contributed by atoms with Crippen LogP contribution in [0.4, 0.5) is 0 Å². The van der Waals surface area contributed by atoms with Crippen molar-refractivity contribution in [2.45, 2.75) is 59.9 Å². The van der Waals surface area contributed by atoms with E-state index in [0.717, 1.165) is 12.8 Å². The van der Waals surface area contributed by atoms with Gasteiger partial charge in [0.2, 0.25) is 0 Å². The molecule has 0 bridgehead atoms. The SMILES string of the molecule is CCOC(=O)c1c(C)cc(=O)n(C(C)(CC)CC)c1C. The fourth-order valence-electron chi connectivity index (χ4n) is 2.63. The molecule has 0 aliphatic heterocycles. The lowest BCUT2D eigenvalue weighted by molar-refractivity contribution is 0.0522. The number of aryl methyl sites for hydroxylation is 1. The van der Waals surface area contributed by atoms with Gasteiger partial charge in [-0.05, 0) is 46.1 Å². The topological polar surface area (TPSA) is 48.3 Å². The zero-order valence-corrected chi connectivity index (χ0v) is 13.4. The number of carbonyl (C=O) groups excluding carboxylic acids is 1. The molecule has 0 unspecified atom stereocenters. The van der Waals surface area contributed by atoms with E-state index in [-0.39, 0.29) is 17.1 Å². The fraction of sp³-hybridized carbons (Fsp3) is 0.625. The van der Waals surface area contributed by atoms with Gasteiger partial charge in [-0.1, -0.05) is 13.8 Å². The Morgan fingerprint density at radius 2 is 1.80 bits per heavy atom. The second-order valence-corrected chi connectivity index (χ2v) is 5.39. The van der Waals surface area contributed by atoms with Crippen LogP contribution >= 0.6 is 0 Å². The molecular weight excluding hydrogens is 254 g/mol. The van der Waals surface area contributed by atoms with Crippen molar-refractivity contribution in [1.82, 2.24) is 4.57 Å². The molecule has 0 aromatic carbocycles. The molecule has 4 heteroatoms. The molecule has 1 aromatic heterocycles. The Balaban J connectivity index is 3.60. The molecule has 112 valence electrons. The highest BCUT2D eigenvalue weighted by Crippen LogP contribution is 2.26. The van der Waals surface area contributed by atoms with Gasteiger partial charge in [-0.15, -0.1) is 0 Å². The van der Waals surface area contributed by atoms with E-state index in [1.807, 2.05) is 13.8 Å². The summed E-state index contributed by atoms with van der Waals surface area (Å²) in [6.07, 6.45) is 1.66. The molecular formula is C16H25NO3. The molecule has 1 aromatic rings. The number of hydrogen-bond acceptors (Lipinski definition) is 3. The Morgan fingerprint density at radius 3 is 2.25 bits per heavy atom. The Labute approximate surface area is 120 Å². The molecule has 0 radical (unpaired) electrons. The summed E-state index contributed by atoms with van der Waals surface area (Å²) in [5.41, 5.74) is 1.55. The average molecular weight is 279 g/mol. The monoisotopic (exact) mass is 279 g/mol. The largest absolute Gasteiger partial charge is 0.462 e. The lowest BCUT2D eigenvalue weighted by atomic mass is 9.93. The van der Waals surface area contributed by atoms with Gasteiger partial charge in [0.1, 0.15) is 0 Å². The number of nitrogens with zero attached hydrogens (tertiary/aromatic N) is 1. The summed E-state index contributed by atoms with van der Waals surface area (Å²) in [6.45, 7) is 11.9. The van der Waals surface area contributed by atoms with Gasteiger partial charge in [-0.2, -0.15) is 0 Å². The zero-order chi connectivity index (χ0) is 15.5. The molecule has 0 saturated heterocycles. The van der Waals surface area contributed by atoms with Crippen molar-refractivity contribution in [3.8, 4) is 0 Å². The van der Waals surface area contributed by atoms with Crippen molar-refractivity contribution < 1.29 is 9.53 Å². The Bertz CT molecular complexity index is 554. The number of rotatable bonds is 5. The van der Waals surface area contributed by atoms with Crippen molar-refractivity contribution in [3.05, 3.63) is 33.2 Å². The summed E-state index contributed by atoms with van der Waals surface area (Å²) in [5, 5.41) is 0. The van der Waals surface area contributed by atoms with Crippen LogP contribution in [0.15, 0.2) is 10.9 Å². The predicted octanol–water partition coefficient (Wildman–Crippen LogP) is 3.18. The van der Waals surface area contributed by atoms with Gasteiger partial charge in [0.25, 0.3) is 5.56 Å². The molecule has 0 N–H and O–H groups in total. The number of hydrogen-bond donors (Lipinski definition) is 0. The molecule has 0 amide bonds. The lowest BCUT2D eigenvalue weighted by Gasteiger charge is -2.32. The van der Waals surface area contributed by atoms with Gasteiger partial charge in [0.05, 0.1) is 12.2 Å². The van der Waals surface area contributed by atoms with Crippen molar-refractivity contribution in [2.24, 2.45) is 0 Å². The summed E-state index contributed by atoms with van der Waals surface area (Å²) in [6, 6.07) is 1.53. The maximum atomic E-state index is 12.4. The van der Waals surface area contributed by atoms with E-state index >= 15 is 0 Å². The Hall–Kier alpha value is -1.58. The number of ether oxygens (including phenoxy) is 1. The van der Waals surface area contributed by atoms with Crippen LogP contribution in [0.2, 0.25) is 0 Å². The van der Waals surface area contributed by atoms with Crippen LogP contribution in [0.25, 0.3) is 0 Å². The lowest BCUT2D eigenvalue weighted by Crippen LogP contribution is -2.40. The molecule has 0 spiro atoms. The summed E-state index contributed by atoms with van der Waals surface area (Å²) in [5.74, 6) is -0.356. The fourth-order valence-corrected chi connectivity index (χ4v) is 2.63. The average Bonchev–Trinajstić information content (AvgIpc) is 2.38. The molecule has 0 aliphatic carbocycles. The van der Waals surface area contributed by atoms with Gasteiger partial charge in [0.15, 0.2) is 0 Å². The van der Waals surface area contributed by atoms with E-state index in [9.17, 15) is 9.59 Å². The maximum Gasteiger partial charge on any atom is 0.340 e. The normalized spacial score (nSPS) is 11.5. The minimum absolute atomic E-state index is 0.0563. The van der Waals surface area contributed by atoms with Crippen LogP contribution in [0, 0.1) is 13.8 Å². The minimum Gasteiger partial charge on any atom is -0.462 e. The van der Waals surface area contributed by atoms with Crippen molar-refractivity contribution in [3.63, 3.8) is 0 Å². The van der Waals surface area contributed by atoms with E-state index in [0.29, 0.717) is 23.4 Å². The van der Waals surface area contributed by atoms with Crippen molar-refractivity contribution in [1.29, 1.82) is 0 Å². The highest BCUT2D eigenvalue weighted by atomic mass is 16.5. The van der Waals surface area contributed by atoms with E-state index in [1.165, 1.54) is 6.07 Å². The van der Waals surface area contributed by atoms with Gasteiger partial charge >= 0.3 is 5.97 Å². The number of aromatic nitrogens is 1. The smallest absolute Gasteiger partial charge is 0.340 e. The van der Waals surface area contributed by atoms with Gasteiger partial charge < -0.3 is 9.30 Å². The molecule has 4 nitrogen and oxygen atoms in total. The first-order valence-corrected chi connectivity index (χ1v) is 7.23. The van der Waals surface area contributed by atoms with Crippen molar-refractivity contribution >= 4 is 5.97 Å². The Morgan fingerprint density at radius 1 is 1.25 bits per heavy atom. The van der Waals surface area contributed by atoms with Gasteiger partial charge in [-0.25, -0.2) is 4.79 Å². The third-order valence-corrected chi connectivity index (χ3v) is 4.19. The second kappa shape index (κ2) is 6.25. The van der Waals surface area contributed by atoms with Crippen LogP contribution in [0.5, 0.6) is 0 Å². The summed E-state index contributed by atoms with van der Waals surface area (Å²) >= 11 is 0. The third-order valence-electron chi connectivity index (χ3n) is 4.19. The van der Waals surface area contributed by atoms with E-state index < -0.39 is 0 Å². The molecule has 1 rings (SSSR count). The maximum absolute atomic E-state index is 12.4. The van der Waals surface area contributed by atoms with Crippen LogP contribution < -0.4 is 5.56 Å². The van der Waals surface area contributed by atoms with Crippen LogP contribution in [-0.2, 0) is 10.3 Å². The highest BCUT2D eigenvalue weighted by molar-refractivity contribution is 5.92. The number of esters is 1. The number of pyridine rings is 1. The molecule has 0 aliphatic rings. The van der Waals surface area contributed by atoms with Crippen LogP contribution in [-0.4, -0.2) is 17.1 Å². The second-order valence-electron chi connectivity index (χ2n) is 5.39. The van der Waals surface area contributed by atoms with Gasteiger partial charge in [-0.3, -0.25) is 4.79 Å². The number of carbonyl (C=O) groups is 1. The highest BCUT2D eigenvalue weighted by Gasteiger charge is 2.28. The Kier molecular flexibility index (Phi) is 5.15. The first-order chi connectivity index (χ1) is 9.32. The predicted molar refractivity (Wildman–Crippen MR) is 80.4 cm³/mol. The molecule has 0 saturated carbocycles. The van der Waals surface area contributed by atoms with E-state index in [4.69, 9.17) is 4.74 Å². The van der Waals surface area contributed by atoms with Crippen LogP contribution in [0.1, 0.15) is 62.2 Å². The molecule has 0 fully saturated rings. The molecule has 20 heavy (non-hydrogen) atoms. The van der Waals surface area contributed by atoms with Gasteiger partial charge in [0, 0.05) is 17.3 Å².